The van der Waals surface area contributed by atoms with Gasteiger partial charge in [-0.25, -0.2) is 9.78 Å². The highest BCUT2D eigenvalue weighted by Crippen LogP contribution is 2.34. The van der Waals surface area contributed by atoms with Gasteiger partial charge in [0.15, 0.2) is 0 Å². The molecule has 4 rings (SSSR count). The van der Waals surface area contributed by atoms with E-state index in [1.54, 1.807) is 30.3 Å². The number of aliphatic carboxylic acids is 1. The van der Waals surface area contributed by atoms with Gasteiger partial charge >= 0.3 is 12.1 Å². The zero-order chi connectivity index (χ0) is 27.4. The SMILES string of the molecule is O=C(O)[C@H](Cc1ccccc1)N(Cc1ncc(-c2cccc(C(F)(F)F)c2)s1)C(=O)c1ccc(Cl)cc1Cl. The van der Waals surface area contributed by atoms with Gasteiger partial charge in [0.05, 0.1) is 27.6 Å². The Balaban J connectivity index is 1.70. The number of hydrogen-bond donors (Lipinski definition) is 1. The first-order valence-electron chi connectivity index (χ1n) is 11.2. The third-order valence-electron chi connectivity index (χ3n) is 5.69. The lowest BCUT2D eigenvalue weighted by atomic mass is 10.0. The molecule has 0 saturated carbocycles. The fourth-order valence-corrected chi connectivity index (χ4v) is 5.22. The number of benzene rings is 3. The van der Waals surface area contributed by atoms with Gasteiger partial charge < -0.3 is 10.0 Å². The number of alkyl halides is 3. The zero-order valence-electron chi connectivity index (χ0n) is 19.5. The molecule has 1 aromatic heterocycles. The van der Waals surface area contributed by atoms with Gasteiger partial charge in [-0.3, -0.25) is 4.79 Å². The molecule has 196 valence electrons. The third kappa shape index (κ3) is 6.53. The first-order valence-corrected chi connectivity index (χ1v) is 12.8. The summed E-state index contributed by atoms with van der Waals surface area (Å²) in [6, 6.07) is 16.6. The Kier molecular flexibility index (Phi) is 8.40. The number of carbonyl (C=O) groups is 2. The van der Waals surface area contributed by atoms with Crippen LogP contribution in [0.1, 0.15) is 26.5 Å². The van der Waals surface area contributed by atoms with Gasteiger partial charge in [0, 0.05) is 17.6 Å². The van der Waals surface area contributed by atoms with E-state index in [2.05, 4.69) is 4.98 Å². The van der Waals surface area contributed by atoms with Crippen molar-refractivity contribution in [3.8, 4) is 10.4 Å². The van der Waals surface area contributed by atoms with Crippen molar-refractivity contribution in [2.75, 3.05) is 0 Å². The molecule has 1 amide bonds. The average molecular weight is 579 g/mol. The molecule has 1 heterocycles. The van der Waals surface area contributed by atoms with Crippen molar-refractivity contribution in [2.24, 2.45) is 0 Å². The maximum atomic E-state index is 13.6. The van der Waals surface area contributed by atoms with Gasteiger partial charge in [-0.05, 0) is 41.5 Å². The molecular formula is C27H19Cl2F3N2O3S. The summed E-state index contributed by atoms with van der Waals surface area (Å²) in [7, 11) is 0. The van der Waals surface area contributed by atoms with E-state index in [1.165, 1.54) is 36.5 Å². The first-order chi connectivity index (χ1) is 18.0. The average Bonchev–Trinajstić information content (AvgIpc) is 3.34. The quantitative estimate of drug-likeness (QED) is 0.235. The molecule has 4 aromatic rings. The second-order valence-corrected chi connectivity index (χ2v) is 10.3. The fourth-order valence-electron chi connectivity index (χ4n) is 3.82. The topological polar surface area (TPSA) is 70.5 Å². The lowest BCUT2D eigenvalue weighted by Gasteiger charge is -2.29. The van der Waals surface area contributed by atoms with Crippen molar-refractivity contribution >= 4 is 46.4 Å². The van der Waals surface area contributed by atoms with Crippen LogP contribution >= 0.6 is 34.5 Å². The number of halogens is 5. The van der Waals surface area contributed by atoms with Gasteiger partial charge in [-0.15, -0.1) is 11.3 Å². The number of thiazole rings is 1. The second kappa shape index (κ2) is 11.6. The molecule has 0 unspecified atom stereocenters. The molecule has 5 nitrogen and oxygen atoms in total. The number of carboxylic acids is 1. The van der Waals surface area contributed by atoms with Crippen LogP contribution in [-0.2, 0) is 23.9 Å². The van der Waals surface area contributed by atoms with E-state index in [0.29, 0.717) is 26.0 Å². The Hall–Kier alpha value is -3.40. The molecule has 0 aliphatic heterocycles. The van der Waals surface area contributed by atoms with Crippen molar-refractivity contribution in [1.29, 1.82) is 0 Å². The summed E-state index contributed by atoms with van der Waals surface area (Å²) in [4.78, 5) is 31.9. The van der Waals surface area contributed by atoms with Gasteiger partial charge in [0.1, 0.15) is 11.0 Å². The molecule has 0 fully saturated rings. The van der Waals surface area contributed by atoms with Crippen LogP contribution in [0.5, 0.6) is 0 Å². The fraction of sp³-hybridized carbons (Fsp3) is 0.148. The molecule has 1 atom stereocenters. The Bertz CT molecular complexity index is 1460. The molecule has 0 saturated heterocycles. The van der Waals surface area contributed by atoms with E-state index >= 15 is 0 Å². The smallest absolute Gasteiger partial charge is 0.416 e. The predicted octanol–water partition coefficient (Wildman–Crippen LogP) is 7.47. The number of aromatic nitrogens is 1. The second-order valence-electron chi connectivity index (χ2n) is 8.30. The standard InChI is InChI=1S/C27H19Cl2F3N2O3S/c28-19-9-10-20(21(29)13-19)25(35)34(22(26(36)37)11-16-5-2-1-3-6-16)15-24-33-14-23(38-24)17-7-4-8-18(12-17)27(30,31)32/h1-10,12-14,22H,11,15H2,(H,36,37)/t22-/m0/s1. The van der Waals surface area contributed by atoms with Crippen molar-refractivity contribution in [3.63, 3.8) is 0 Å². The van der Waals surface area contributed by atoms with Gasteiger partial charge in [0.25, 0.3) is 5.91 Å². The van der Waals surface area contributed by atoms with Gasteiger partial charge in [-0.2, -0.15) is 13.2 Å². The normalized spacial score (nSPS) is 12.2. The molecule has 38 heavy (non-hydrogen) atoms. The third-order valence-corrected chi connectivity index (χ3v) is 7.27. The Morgan fingerprint density at radius 3 is 2.39 bits per heavy atom. The van der Waals surface area contributed by atoms with Crippen LogP contribution in [0.25, 0.3) is 10.4 Å². The summed E-state index contributed by atoms with van der Waals surface area (Å²) in [6.07, 6.45) is -3.09. The van der Waals surface area contributed by atoms with E-state index < -0.39 is 29.7 Å². The van der Waals surface area contributed by atoms with Crippen molar-refractivity contribution in [2.45, 2.75) is 25.2 Å². The van der Waals surface area contributed by atoms with Crippen LogP contribution in [0.2, 0.25) is 10.0 Å². The minimum absolute atomic E-state index is 0.0129. The zero-order valence-corrected chi connectivity index (χ0v) is 21.8. The van der Waals surface area contributed by atoms with Gasteiger partial charge in [0.2, 0.25) is 0 Å². The predicted molar refractivity (Wildman–Crippen MR) is 140 cm³/mol. The molecule has 3 aromatic carbocycles. The van der Waals surface area contributed by atoms with Gasteiger partial charge in [-0.1, -0.05) is 65.7 Å². The summed E-state index contributed by atoms with van der Waals surface area (Å²) in [6.45, 7) is -0.203. The van der Waals surface area contributed by atoms with Crippen LogP contribution in [-0.4, -0.2) is 32.9 Å². The van der Waals surface area contributed by atoms with Crippen molar-refractivity contribution in [1.82, 2.24) is 9.88 Å². The maximum Gasteiger partial charge on any atom is 0.416 e. The monoisotopic (exact) mass is 578 g/mol. The highest BCUT2D eigenvalue weighted by Gasteiger charge is 2.33. The largest absolute Gasteiger partial charge is 0.480 e. The van der Waals surface area contributed by atoms with E-state index in [1.807, 2.05) is 0 Å². The minimum atomic E-state index is -4.50. The molecule has 0 aliphatic rings. The summed E-state index contributed by atoms with van der Waals surface area (Å²) < 4.78 is 39.5. The summed E-state index contributed by atoms with van der Waals surface area (Å²) in [5, 5.41) is 10.8. The van der Waals surface area contributed by atoms with Crippen LogP contribution in [0, 0.1) is 0 Å². The van der Waals surface area contributed by atoms with Crippen molar-refractivity contribution in [3.05, 3.63) is 111 Å². The maximum absolute atomic E-state index is 13.6. The highest BCUT2D eigenvalue weighted by atomic mass is 35.5. The number of carbonyl (C=O) groups excluding carboxylic acids is 1. The highest BCUT2D eigenvalue weighted by molar-refractivity contribution is 7.15. The summed E-state index contributed by atoms with van der Waals surface area (Å²) >= 11 is 13.3. The molecule has 11 heteroatoms. The lowest BCUT2D eigenvalue weighted by Crippen LogP contribution is -2.46. The van der Waals surface area contributed by atoms with E-state index in [0.717, 1.165) is 28.4 Å². The molecule has 0 spiro atoms. The van der Waals surface area contributed by atoms with Crippen LogP contribution in [0.15, 0.2) is 79.0 Å². The number of amides is 1. The van der Waals surface area contributed by atoms with Crippen LogP contribution < -0.4 is 0 Å². The van der Waals surface area contributed by atoms with E-state index in [-0.39, 0.29) is 23.6 Å². The molecule has 1 N–H and O–H groups in total. The summed E-state index contributed by atoms with van der Waals surface area (Å²) in [5.74, 6) is -1.88. The Morgan fingerprint density at radius 2 is 1.74 bits per heavy atom. The lowest BCUT2D eigenvalue weighted by molar-refractivity contribution is -0.142. The number of nitrogens with zero attached hydrogens (tertiary/aromatic N) is 2. The minimum Gasteiger partial charge on any atom is -0.480 e. The molecule has 0 radical (unpaired) electrons. The molecule has 0 aliphatic carbocycles. The van der Waals surface area contributed by atoms with Crippen LogP contribution in [0.3, 0.4) is 0 Å². The Morgan fingerprint density at radius 1 is 1.00 bits per heavy atom. The Labute approximate surface area is 230 Å². The first kappa shape index (κ1) is 27.6. The van der Waals surface area contributed by atoms with Crippen LogP contribution in [0.4, 0.5) is 13.2 Å². The number of hydrogen-bond acceptors (Lipinski definition) is 4. The van der Waals surface area contributed by atoms with Crippen molar-refractivity contribution < 1.29 is 27.9 Å². The number of carboxylic acid groups (broad SMARTS) is 1. The summed E-state index contributed by atoms with van der Waals surface area (Å²) in [5.41, 5.74) is 0.267. The molecular weight excluding hydrogens is 560 g/mol. The van der Waals surface area contributed by atoms with E-state index in [9.17, 15) is 27.9 Å². The number of rotatable bonds is 8. The molecule has 0 bridgehead atoms. The van der Waals surface area contributed by atoms with E-state index in [4.69, 9.17) is 23.2 Å².